The highest BCUT2D eigenvalue weighted by Crippen LogP contribution is 2.20. The van der Waals surface area contributed by atoms with Crippen molar-refractivity contribution in [1.29, 1.82) is 0 Å². The summed E-state index contributed by atoms with van der Waals surface area (Å²) in [5, 5.41) is 6.27. The predicted molar refractivity (Wildman–Crippen MR) is 115 cm³/mol. The first-order chi connectivity index (χ1) is 13.4. The van der Waals surface area contributed by atoms with Crippen LogP contribution in [0.5, 0.6) is 0 Å². The molecule has 0 bridgehead atoms. The average Bonchev–Trinajstić information content (AvgIpc) is 2.70. The lowest BCUT2D eigenvalue weighted by molar-refractivity contribution is -0.126. The van der Waals surface area contributed by atoms with E-state index in [9.17, 15) is 9.59 Å². The van der Waals surface area contributed by atoms with Gasteiger partial charge in [0.2, 0.25) is 11.8 Å². The van der Waals surface area contributed by atoms with Crippen LogP contribution >= 0.6 is 11.6 Å². The van der Waals surface area contributed by atoms with Crippen molar-refractivity contribution in [2.24, 2.45) is 0 Å². The Morgan fingerprint density at radius 1 is 1.07 bits per heavy atom. The number of likely N-dealkylation sites (N-methyl/N-ethyl adjacent to an activating group) is 1. The van der Waals surface area contributed by atoms with E-state index in [1.165, 1.54) is 5.56 Å². The molecule has 0 spiro atoms. The Kier molecular flexibility index (Phi) is 8.48. The quantitative estimate of drug-likeness (QED) is 0.669. The molecule has 2 aromatic rings. The van der Waals surface area contributed by atoms with Gasteiger partial charge in [0.25, 0.3) is 0 Å². The molecule has 2 rings (SSSR count). The van der Waals surface area contributed by atoms with Gasteiger partial charge >= 0.3 is 0 Å². The van der Waals surface area contributed by atoms with Crippen LogP contribution in [0.3, 0.4) is 0 Å². The van der Waals surface area contributed by atoms with Gasteiger partial charge in [0.15, 0.2) is 0 Å². The van der Waals surface area contributed by atoms with Gasteiger partial charge in [0, 0.05) is 12.5 Å². The Hall–Kier alpha value is -2.37. The molecule has 2 amide bonds. The number of carbonyl (C=O) groups excluding carboxylic acids is 2. The predicted octanol–water partition coefficient (Wildman–Crippen LogP) is 3.91. The Bertz CT molecular complexity index is 782. The van der Waals surface area contributed by atoms with Crippen LogP contribution in [0.15, 0.2) is 54.6 Å². The molecule has 0 aliphatic rings. The van der Waals surface area contributed by atoms with E-state index in [1.54, 1.807) is 43.1 Å². The highest BCUT2D eigenvalue weighted by atomic mass is 35.5. The van der Waals surface area contributed by atoms with Crippen LogP contribution in [0.1, 0.15) is 31.7 Å². The number of carbonyl (C=O) groups is 2. The van der Waals surface area contributed by atoms with E-state index in [1.807, 2.05) is 18.2 Å². The van der Waals surface area contributed by atoms with E-state index in [0.717, 1.165) is 6.42 Å². The fraction of sp³-hybridized carbons (Fsp3) is 0.364. The van der Waals surface area contributed by atoms with E-state index in [-0.39, 0.29) is 24.3 Å². The monoisotopic (exact) mass is 401 g/mol. The molecule has 0 aliphatic heterocycles. The minimum atomic E-state index is -0.426. The summed E-state index contributed by atoms with van der Waals surface area (Å²) >= 11 is 6.06. The van der Waals surface area contributed by atoms with Crippen LogP contribution in [0.2, 0.25) is 5.02 Å². The summed E-state index contributed by atoms with van der Waals surface area (Å²) in [6.45, 7) is 4.57. The standard InChI is InChI=1S/C22H28ClN3O2/c1-4-17(18-10-6-5-7-11-18)14-24-22(28)16(2)26(3)15-21(27)25-20-13-9-8-12-19(20)23/h5-13,16-17H,4,14-15H2,1-3H3,(H,24,28)(H,25,27)/t16-,17+/m1/s1. The number of nitrogens with zero attached hydrogens (tertiary/aromatic N) is 1. The molecule has 0 saturated heterocycles. The number of hydrogen-bond donors (Lipinski definition) is 2. The fourth-order valence-corrected chi connectivity index (χ4v) is 3.09. The summed E-state index contributed by atoms with van der Waals surface area (Å²) in [4.78, 5) is 26.5. The number of anilines is 1. The van der Waals surface area contributed by atoms with Crippen molar-refractivity contribution in [3.8, 4) is 0 Å². The van der Waals surface area contributed by atoms with Crippen LogP contribution in [0.25, 0.3) is 0 Å². The summed E-state index contributed by atoms with van der Waals surface area (Å²) < 4.78 is 0. The molecule has 0 aromatic heterocycles. The molecule has 0 radical (unpaired) electrons. The molecule has 0 unspecified atom stereocenters. The van der Waals surface area contributed by atoms with Gasteiger partial charge in [-0.2, -0.15) is 0 Å². The number of para-hydroxylation sites is 1. The molecule has 0 saturated carbocycles. The minimum Gasteiger partial charge on any atom is -0.354 e. The van der Waals surface area contributed by atoms with Crippen LogP contribution < -0.4 is 10.6 Å². The summed E-state index contributed by atoms with van der Waals surface area (Å²) in [6, 6.07) is 16.8. The smallest absolute Gasteiger partial charge is 0.238 e. The lowest BCUT2D eigenvalue weighted by Gasteiger charge is -2.24. The number of benzene rings is 2. The minimum absolute atomic E-state index is 0.0930. The number of rotatable bonds is 9. The van der Waals surface area contributed by atoms with Crippen molar-refractivity contribution in [3.05, 3.63) is 65.2 Å². The molecule has 2 N–H and O–H groups in total. The Labute approximate surface area is 172 Å². The second-order valence-electron chi connectivity index (χ2n) is 6.88. The van der Waals surface area contributed by atoms with Gasteiger partial charge in [0.05, 0.1) is 23.3 Å². The number of halogens is 1. The molecular weight excluding hydrogens is 374 g/mol. The van der Waals surface area contributed by atoms with E-state index in [2.05, 4.69) is 29.7 Å². The van der Waals surface area contributed by atoms with Crippen molar-refractivity contribution in [1.82, 2.24) is 10.2 Å². The molecule has 5 nitrogen and oxygen atoms in total. The van der Waals surface area contributed by atoms with Crippen LogP contribution in [0, 0.1) is 0 Å². The second-order valence-corrected chi connectivity index (χ2v) is 7.29. The summed E-state index contributed by atoms with van der Waals surface area (Å²) in [6.07, 6.45) is 0.939. The van der Waals surface area contributed by atoms with Crippen molar-refractivity contribution in [2.75, 3.05) is 25.5 Å². The lowest BCUT2D eigenvalue weighted by atomic mass is 9.96. The van der Waals surface area contributed by atoms with Crippen molar-refractivity contribution >= 4 is 29.1 Å². The van der Waals surface area contributed by atoms with Gasteiger partial charge in [-0.1, -0.05) is 61.0 Å². The van der Waals surface area contributed by atoms with Gasteiger partial charge < -0.3 is 10.6 Å². The fourth-order valence-electron chi connectivity index (χ4n) is 2.91. The number of hydrogen-bond acceptors (Lipinski definition) is 3. The number of nitrogens with one attached hydrogen (secondary N) is 2. The lowest BCUT2D eigenvalue weighted by Crippen LogP contribution is -2.46. The highest BCUT2D eigenvalue weighted by molar-refractivity contribution is 6.33. The molecule has 2 aromatic carbocycles. The van der Waals surface area contributed by atoms with Crippen molar-refractivity contribution in [2.45, 2.75) is 32.2 Å². The zero-order chi connectivity index (χ0) is 20.5. The first kappa shape index (κ1) is 21.9. The average molecular weight is 402 g/mol. The maximum Gasteiger partial charge on any atom is 0.238 e. The second kappa shape index (κ2) is 10.8. The van der Waals surface area contributed by atoms with Crippen LogP contribution in [-0.2, 0) is 9.59 Å². The Morgan fingerprint density at radius 3 is 2.36 bits per heavy atom. The third kappa shape index (κ3) is 6.36. The molecule has 2 atom stereocenters. The van der Waals surface area contributed by atoms with Gasteiger partial charge in [-0.15, -0.1) is 0 Å². The van der Waals surface area contributed by atoms with Gasteiger partial charge in [-0.05, 0) is 38.1 Å². The molecule has 150 valence electrons. The first-order valence-electron chi connectivity index (χ1n) is 9.49. The van der Waals surface area contributed by atoms with Crippen molar-refractivity contribution in [3.63, 3.8) is 0 Å². The summed E-state index contributed by atoms with van der Waals surface area (Å²) in [5.41, 5.74) is 1.78. The molecule has 0 fully saturated rings. The molecular formula is C22H28ClN3O2. The Morgan fingerprint density at radius 2 is 1.71 bits per heavy atom. The molecule has 6 heteroatoms. The van der Waals surface area contributed by atoms with Crippen molar-refractivity contribution < 1.29 is 9.59 Å². The van der Waals surface area contributed by atoms with E-state index in [0.29, 0.717) is 17.3 Å². The largest absolute Gasteiger partial charge is 0.354 e. The highest BCUT2D eigenvalue weighted by Gasteiger charge is 2.21. The molecule has 0 heterocycles. The SMILES string of the molecule is CC[C@@H](CNC(=O)[C@@H](C)N(C)CC(=O)Nc1ccccc1Cl)c1ccccc1. The maximum atomic E-state index is 12.5. The Balaban J connectivity index is 1.84. The zero-order valence-corrected chi connectivity index (χ0v) is 17.4. The molecule has 28 heavy (non-hydrogen) atoms. The zero-order valence-electron chi connectivity index (χ0n) is 16.6. The third-order valence-electron chi connectivity index (χ3n) is 4.87. The van der Waals surface area contributed by atoms with E-state index < -0.39 is 6.04 Å². The van der Waals surface area contributed by atoms with Gasteiger partial charge in [-0.3, -0.25) is 14.5 Å². The van der Waals surface area contributed by atoms with Gasteiger partial charge in [0.1, 0.15) is 0 Å². The topological polar surface area (TPSA) is 61.4 Å². The molecule has 0 aliphatic carbocycles. The maximum absolute atomic E-state index is 12.5. The third-order valence-corrected chi connectivity index (χ3v) is 5.20. The van der Waals surface area contributed by atoms with E-state index in [4.69, 9.17) is 11.6 Å². The van der Waals surface area contributed by atoms with Crippen LogP contribution in [0.4, 0.5) is 5.69 Å². The summed E-state index contributed by atoms with van der Waals surface area (Å²) in [5.74, 6) is -0.0421. The first-order valence-corrected chi connectivity index (χ1v) is 9.87. The van der Waals surface area contributed by atoms with Crippen LogP contribution in [-0.4, -0.2) is 42.9 Å². The summed E-state index contributed by atoms with van der Waals surface area (Å²) in [7, 11) is 1.75. The normalized spacial score (nSPS) is 13.0. The van der Waals surface area contributed by atoms with Gasteiger partial charge in [-0.25, -0.2) is 0 Å². The van der Waals surface area contributed by atoms with E-state index >= 15 is 0 Å². The number of amides is 2.